The molecule has 2 aromatic rings. The Morgan fingerprint density at radius 2 is 1.66 bits per heavy atom. The molecule has 1 heterocycles. The first-order valence-corrected chi connectivity index (χ1v) is 12.4. The van der Waals surface area contributed by atoms with E-state index in [4.69, 9.17) is 4.74 Å². The number of fused-ring (bicyclic) bond motifs is 3. The summed E-state index contributed by atoms with van der Waals surface area (Å²) in [6, 6.07) is 16.3. The summed E-state index contributed by atoms with van der Waals surface area (Å²) in [6.07, 6.45) is 0.582. The molecule has 2 aromatic carbocycles. The monoisotopic (exact) mass is 478 g/mol. The summed E-state index contributed by atoms with van der Waals surface area (Å²) in [5.41, 5.74) is 3.45. The Bertz CT molecular complexity index is 1070. The maximum atomic E-state index is 13.5. The molecule has 1 aliphatic heterocycles. The fourth-order valence-electron chi connectivity index (χ4n) is 5.62. The van der Waals surface area contributed by atoms with Gasteiger partial charge in [-0.25, -0.2) is 4.79 Å². The summed E-state index contributed by atoms with van der Waals surface area (Å²) in [5, 5.41) is 12.0. The summed E-state index contributed by atoms with van der Waals surface area (Å²) in [5.74, 6) is -1.10. The van der Waals surface area contributed by atoms with Gasteiger partial charge in [0.1, 0.15) is 12.1 Å². The number of amides is 2. The van der Waals surface area contributed by atoms with Crippen LogP contribution in [-0.4, -0.2) is 53.2 Å². The number of aliphatic carboxylic acids is 1. The number of alkyl carbamates (subject to hydrolysis) is 1. The molecule has 2 aliphatic rings. The largest absolute Gasteiger partial charge is 0.481 e. The van der Waals surface area contributed by atoms with Crippen molar-refractivity contribution in [3.8, 4) is 11.1 Å². The number of carbonyl (C=O) groups excluding carboxylic acids is 2. The quantitative estimate of drug-likeness (QED) is 0.576. The van der Waals surface area contributed by atoms with E-state index < -0.39 is 17.6 Å². The van der Waals surface area contributed by atoms with Crippen LogP contribution in [0.5, 0.6) is 0 Å². The first-order valence-electron chi connectivity index (χ1n) is 12.4. The number of likely N-dealkylation sites (tertiary alicyclic amines) is 1. The van der Waals surface area contributed by atoms with Gasteiger partial charge in [0.05, 0.1) is 6.42 Å². The molecular weight excluding hydrogens is 444 g/mol. The van der Waals surface area contributed by atoms with Gasteiger partial charge in [-0.3, -0.25) is 9.59 Å². The lowest BCUT2D eigenvalue weighted by molar-refractivity contribution is -0.139. The van der Waals surface area contributed by atoms with Crippen molar-refractivity contribution in [3.05, 3.63) is 59.7 Å². The fourth-order valence-corrected chi connectivity index (χ4v) is 5.62. The van der Waals surface area contributed by atoms with Crippen molar-refractivity contribution in [2.24, 2.45) is 11.8 Å². The maximum Gasteiger partial charge on any atom is 0.408 e. The molecule has 0 spiro atoms. The van der Waals surface area contributed by atoms with Crippen molar-refractivity contribution in [2.75, 3.05) is 19.7 Å². The van der Waals surface area contributed by atoms with Crippen LogP contribution in [0, 0.1) is 11.8 Å². The molecule has 7 nitrogen and oxygen atoms in total. The van der Waals surface area contributed by atoms with E-state index in [1.807, 2.05) is 38.1 Å². The molecule has 35 heavy (non-hydrogen) atoms. The van der Waals surface area contributed by atoms with Crippen molar-refractivity contribution in [3.63, 3.8) is 0 Å². The molecule has 0 saturated carbocycles. The molecule has 1 saturated heterocycles. The van der Waals surface area contributed by atoms with Crippen LogP contribution in [0.4, 0.5) is 4.79 Å². The van der Waals surface area contributed by atoms with Crippen molar-refractivity contribution in [1.82, 2.24) is 10.2 Å². The van der Waals surface area contributed by atoms with Crippen molar-refractivity contribution >= 4 is 18.0 Å². The third-order valence-corrected chi connectivity index (χ3v) is 7.44. The number of carboxylic acid groups (broad SMARTS) is 1. The molecule has 1 aliphatic carbocycles. The maximum absolute atomic E-state index is 13.5. The van der Waals surface area contributed by atoms with Crippen LogP contribution < -0.4 is 5.32 Å². The minimum atomic E-state index is -1.12. The predicted octanol–water partition coefficient (Wildman–Crippen LogP) is 4.65. The predicted molar refractivity (Wildman–Crippen MR) is 133 cm³/mol. The Hall–Kier alpha value is -3.35. The molecule has 7 heteroatoms. The van der Waals surface area contributed by atoms with Gasteiger partial charge in [0, 0.05) is 19.0 Å². The first kappa shape index (κ1) is 24.8. The van der Waals surface area contributed by atoms with E-state index in [2.05, 4.69) is 29.6 Å². The molecule has 0 aromatic heterocycles. The number of nitrogens with zero attached hydrogens (tertiary/aromatic N) is 1. The number of hydrogen-bond donors (Lipinski definition) is 2. The summed E-state index contributed by atoms with van der Waals surface area (Å²) < 4.78 is 5.69. The van der Waals surface area contributed by atoms with Crippen LogP contribution in [0.2, 0.25) is 0 Å². The topological polar surface area (TPSA) is 95.9 Å². The highest BCUT2D eigenvalue weighted by Gasteiger charge is 2.43. The van der Waals surface area contributed by atoms with Crippen molar-refractivity contribution in [1.29, 1.82) is 0 Å². The number of benzene rings is 2. The molecule has 2 N–H and O–H groups in total. The number of nitrogens with one attached hydrogen (secondary N) is 1. The Morgan fingerprint density at radius 1 is 1.06 bits per heavy atom. The lowest BCUT2D eigenvalue weighted by Crippen LogP contribution is -2.57. The van der Waals surface area contributed by atoms with Crippen LogP contribution in [0.1, 0.15) is 57.1 Å². The molecule has 2 amide bonds. The highest BCUT2D eigenvalue weighted by Crippen LogP contribution is 2.44. The number of carboxylic acids is 1. The lowest BCUT2D eigenvalue weighted by Gasteiger charge is -2.33. The van der Waals surface area contributed by atoms with Crippen molar-refractivity contribution < 1.29 is 24.2 Å². The zero-order valence-corrected chi connectivity index (χ0v) is 20.6. The van der Waals surface area contributed by atoms with Crippen molar-refractivity contribution in [2.45, 2.75) is 51.5 Å². The lowest BCUT2D eigenvalue weighted by atomic mass is 9.94. The van der Waals surface area contributed by atoms with Gasteiger partial charge in [0.15, 0.2) is 0 Å². The summed E-state index contributed by atoms with van der Waals surface area (Å²) in [4.78, 5) is 39.3. The molecular formula is C28H34N2O5. The van der Waals surface area contributed by atoms with Gasteiger partial charge in [0.25, 0.3) is 0 Å². The summed E-state index contributed by atoms with van der Waals surface area (Å²) >= 11 is 0. The number of hydrogen-bond acceptors (Lipinski definition) is 4. The standard InChI is InChI=1S/C28H34N2O5/c1-4-13-28(3,26(33)30-15-18(2)19(16-30)14-25(31)32)29-27(34)35-17-24-22-11-7-5-9-20(22)21-10-6-8-12-23(21)24/h5-12,18-19,24H,4,13-17H2,1-3H3,(H,29,34)(H,31,32). The van der Waals surface area contributed by atoms with Crippen LogP contribution in [0.3, 0.4) is 0 Å². The fraction of sp³-hybridized carbons (Fsp3) is 0.464. The Kier molecular flexibility index (Phi) is 7.15. The average Bonchev–Trinajstić information content (AvgIpc) is 3.34. The van der Waals surface area contributed by atoms with Crippen LogP contribution in [-0.2, 0) is 14.3 Å². The summed E-state index contributed by atoms with van der Waals surface area (Å²) in [6.45, 7) is 6.72. The van der Waals surface area contributed by atoms with Gasteiger partial charge in [-0.15, -0.1) is 0 Å². The minimum absolute atomic E-state index is 0.0370. The van der Waals surface area contributed by atoms with Gasteiger partial charge < -0.3 is 20.1 Å². The first-order chi connectivity index (χ1) is 16.7. The van der Waals surface area contributed by atoms with Gasteiger partial charge in [-0.1, -0.05) is 68.8 Å². The van der Waals surface area contributed by atoms with Crippen LogP contribution in [0.15, 0.2) is 48.5 Å². The second-order valence-electron chi connectivity index (χ2n) is 10.1. The molecule has 186 valence electrons. The van der Waals surface area contributed by atoms with E-state index in [-0.39, 0.29) is 36.7 Å². The van der Waals surface area contributed by atoms with E-state index in [1.54, 1.807) is 11.8 Å². The Labute approximate surface area is 206 Å². The van der Waals surface area contributed by atoms with Gasteiger partial charge in [-0.2, -0.15) is 0 Å². The zero-order valence-electron chi connectivity index (χ0n) is 20.6. The summed E-state index contributed by atoms with van der Waals surface area (Å²) in [7, 11) is 0. The van der Waals surface area contributed by atoms with Gasteiger partial charge in [0.2, 0.25) is 5.91 Å². The zero-order chi connectivity index (χ0) is 25.2. The second kappa shape index (κ2) is 10.1. The smallest absolute Gasteiger partial charge is 0.408 e. The van der Waals surface area contributed by atoms with Gasteiger partial charge in [-0.05, 0) is 47.4 Å². The SMILES string of the molecule is CCCC(C)(NC(=O)OCC1c2ccccc2-c2ccccc21)C(=O)N1CC(C)C(CC(=O)O)C1. The Balaban J connectivity index is 1.43. The van der Waals surface area contributed by atoms with E-state index in [1.165, 1.54) is 0 Å². The van der Waals surface area contributed by atoms with Gasteiger partial charge >= 0.3 is 12.1 Å². The number of rotatable bonds is 8. The number of carbonyl (C=O) groups is 3. The highest BCUT2D eigenvalue weighted by atomic mass is 16.5. The molecule has 4 rings (SSSR count). The molecule has 1 fully saturated rings. The molecule has 0 bridgehead atoms. The van der Waals surface area contributed by atoms with E-state index in [9.17, 15) is 19.5 Å². The van der Waals surface area contributed by atoms with E-state index in [0.29, 0.717) is 25.9 Å². The molecule has 3 unspecified atom stereocenters. The average molecular weight is 479 g/mol. The third kappa shape index (κ3) is 5.04. The second-order valence-corrected chi connectivity index (χ2v) is 10.1. The van der Waals surface area contributed by atoms with Crippen LogP contribution >= 0.6 is 0 Å². The molecule has 3 atom stereocenters. The third-order valence-electron chi connectivity index (χ3n) is 7.44. The Morgan fingerprint density at radius 3 is 2.23 bits per heavy atom. The molecule has 0 radical (unpaired) electrons. The van der Waals surface area contributed by atoms with Crippen LogP contribution in [0.25, 0.3) is 11.1 Å². The minimum Gasteiger partial charge on any atom is -0.481 e. The number of ether oxygens (including phenoxy) is 1. The highest BCUT2D eigenvalue weighted by molar-refractivity contribution is 5.90. The van der Waals surface area contributed by atoms with E-state index >= 15 is 0 Å². The van der Waals surface area contributed by atoms with E-state index in [0.717, 1.165) is 22.3 Å². The normalized spacial score (nSPS) is 20.6.